The van der Waals surface area contributed by atoms with Gasteiger partial charge in [-0.2, -0.15) is 0 Å². The summed E-state index contributed by atoms with van der Waals surface area (Å²) in [6.07, 6.45) is 1.44. The first-order chi connectivity index (χ1) is 14.0. The molecule has 6 nitrogen and oxygen atoms in total. The molecule has 0 saturated carbocycles. The first-order valence-corrected chi connectivity index (χ1v) is 10.1. The van der Waals surface area contributed by atoms with Crippen LogP contribution in [0.4, 0.5) is 10.5 Å². The lowest BCUT2D eigenvalue weighted by molar-refractivity contribution is -0.127. The van der Waals surface area contributed by atoms with Gasteiger partial charge in [0, 0.05) is 37.7 Å². The van der Waals surface area contributed by atoms with E-state index in [-0.39, 0.29) is 24.0 Å². The van der Waals surface area contributed by atoms with Crippen molar-refractivity contribution in [2.24, 2.45) is 5.92 Å². The van der Waals surface area contributed by atoms with Gasteiger partial charge in [0.15, 0.2) is 0 Å². The molecule has 0 unspecified atom stereocenters. The van der Waals surface area contributed by atoms with Crippen molar-refractivity contribution in [1.29, 1.82) is 0 Å². The maximum Gasteiger partial charge on any atom is 0.319 e. The van der Waals surface area contributed by atoms with E-state index in [1.807, 2.05) is 61.2 Å². The molecule has 6 heteroatoms. The molecule has 0 radical (unpaired) electrons. The number of nitrogens with one attached hydrogen (secondary N) is 2. The van der Waals surface area contributed by atoms with Crippen LogP contribution in [0, 0.1) is 5.92 Å². The van der Waals surface area contributed by atoms with Gasteiger partial charge in [-0.15, -0.1) is 0 Å². The molecule has 2 N–H and O–H groups in total. The Morgan fingerprint density at radius 1 is 1.14 bits per heavy atom. The standard InChI is InChI=1S/C23H29N3O3/c1-17(2)29-21-10-8-20(9-11-21)25-23(28)24-15-19-14-22(27)26(16-19)13-12-18-6-4-3-5-7-18/h3-11,17,19H,12-16H2,1-2H3,(H2,24,25,28)/t19-/m1/s1. The topological polar surface area (TPSA) is 70.7 Å². The number of urea groups is 1. The predicted octanol–water partition coefficient (Wildman–Crippen LogP) is 3.69. The highest BCUT2D eigenvalue weighted by Gasteiger charge is 2.29. The molecule has 0 aliphatic carbocycles. The maximum atomic E-state index is 12.2. The maximum absolute atomic E-state index is 12.2. The van der Waals surface area contributed by atoms with Crippen molar-refractivity contribution in [2.75, 3.05) is 25.0 Å². The van der Waals surface area contributed by atoms with Crippen LogP contribution in [0.2, 0.25) is 0 Å². The van der Waals surface area contributed by atoms with Crippen LogP contribution in [0.3, 0.4) is 0 Å². The van der Waals surface area contributed by atoms with E-state index in [0.29, 0.717) is 25.2 Å². The monoisotopic (exact) mass is 395 g/mol. The third kappa shape index (κ3) is 6.52. The summed E-state index contributed by atoms with van der Waals surface area (Å²) < 4.78 is 5.59. The van der Waals surface area contributed by atoms with Crippen LogP contribution < -0.4 is 15.4 Å². The summed E-state index contributed by atoms with van der Waals surface area (Å²) in [4.78, 5) is 26.3. The van der Waals surface area contributed by atoms with E-state index in [1.165, 1.54) is 5.56 Å². The Bertz CT molecular complexity index is 806. The van der Waals surface area contributed by atoms with Gasteiger partial charge in [-0.05, 0) is 50.1 Å². The molecule has 1 aliphatic heterocycles. The van der Waals surface area contributed by atoms with E-state index >= 15 is 0 Å². The minimum Gasteiger partial charge on any atom is -0.491 e. The Kier molecular flexibility index (Phi) is 7.11. The van der Waals surface area contributed by atoms with Gasteiger partial charge in [-0.3, -0.25) is 4.79 Å². The Hall–Kier alpha value is -3.02. The number of benzene rings is 2. The molecule has 0 bridgehead atoms. The summed E-state index contributed by atoms with van der Waals surface area (Å²) in [5.74, 6) is 1.07. The molecule has 3 amide bonds. The lowest BCUT2D eigenvalue weighted by atomic mass is 10.1. The van der Waals surface area contributed by atoms with Gasteiger partial charge in [0.1, 0.15) is 5.75 Å². The number of anilines is 1. The van der Waals surface area contributed by atoms with Crippen molar-refractivity contribution < 1.29 is 14.3 Å². The third-order valence-corrected chi connectivity index (χ3v) is 4.84. The van der Waals surface area contributed by atoms with Gasteiger partial charge in [0.25, 0.3) is 0 Å². The summed E-state index contributed by atoms with van der Waals surface area (Å²) in [6, 6.07) is 17.2. The van der Waals surface area contributed by atoms with Crippen LogP contribution in [0.25, 0.3) is 0 Å². The average molecular weight is 396 g/mol. The lowest BCUT2D eigenvalue weighted by Gasteiger charge is -2.17. The van der Waals surface area contributed by atoms with Gasteiger partial charge in [0.05, 0.1) is 6.10 Å². The first kappa shape index (κ1) is 20.7. The second kappa shape index (κ2) is 9.96. The molecule has 3 rings (SSSR count). The molecule has 154 valence electrons. The second-order valence-electron chi connectivity index (χ2n) is 7.67. The van der Waals surface area contributed by atoms with Crippen LogP contribution in [0.5, 0.6) is 5.75 Å². The van der Waals surface area contributed by atoms with E-state index in [2.05, 4.69) is 22.8 Å². The number of nitrogens with zero attached hydrogens (tertiary/aromatic N) is 1. The minimum absolute atomic E-state index is 0.110. The molecule has 1 aliphatic rings. The molecule has 1 saturated heterocycles. The molecule has 1 heterocycles. The number of carbonyl (C=O) groups excluding carboxylic acids is 2. The van der Waals surface area contributed by atoms with Crippen LogP contribution in [0.1, 0.15) is 25.8 Å². The van der Waals surface area contributed by atoms with Crippen LogP contribution in [-0.2, 0) is 11.2 Å². The van der Waals surface area contributed by atoms with E-state index in [0.717, 1.165) is 18.7 Å². The Balaban J connectivity index is 1.39. The second-order valence-corrected chi connectivity index (χ2v) is 7.67. The highest BCUT2D eigenvalue weighted by atomic mass is 16.5. The fourth-order valence-corrected chi connectivity index (χ4v) is 3.42. The molecule has 2 aromatic rings. The molecule has 1 fully saturated rings. The average Bonchev–Trinajstić information content (AvgIpc) is 3.06. The van der Waals surface area contributed by atoms with Crippen LogP contribution >= 0.6 is 0 Å². The largest absolute Gasteiger partial charge is 0.491 e. The highest BCUT2D eigenvalue weighted by molar-refractivity contribution is 5.89. The van der Waals surface area contributed by atoms with Gasteiger partial charge < -0.3 is 20.3 Å². The van der Waals surface area contributed by atoms with Gasteiger partial charge in [-0.25, -0.2) is 4.79 Å². The van der Waals surface area contributed by atoms with E-state index in [1.54, 1.807) is 0 Å². The van der Waals surface area contributed by atoms with Crippen molar-refractivity contribution in [3.05, 3.63) is 60.2 Å². The number of hydrogen-bond donors (Lipinski definition) is 2. The van der Waals surface area contributed by atoms with E-state index < -0.39 is 0 Å². The van der Waals surface area contributed by atoms with Crippen LogP contribution in [0.15, 0.2) is 54.6 Å². The fourth-order valence-electron chi connectivity index (χ4n) is 3.42. The number of ether oxygens (including phenoxy) is 1. The smallest absolute Gasteiger partial charge is 0.319 e. The van der Waals surface area contributed by atoms with Gasteiger partial charge in [0.2, 0.25) is 5.91 Å². The number of likely N-dealkylation sites (tertiary alicyclic amines) is 1. The van der Waals surface area contributed by atoms with E-state index in [4.69, 9.17) is 4.74 Å². The summed E-state index contributed by atoms with van der Waals surface area (Å²) in [6.45, 7) is 5.82. The number of rotatable bonds is 8. The molecule has 0 spiro atoms. The highest BCUT2D eigenvalue weighted by Crippen LogP contribution is 2.19. The fraction of sp³-hybridized carbons (Fsp3) is 0.391. The van der Waals surface area contributed by atoms with Crippen molar-refractivity contribution in [2.45, 2.75) is 32.8 Å². The quantitative estimate of drug-likeness (QED) is 0.716. The minimum atomic E-state index is -0.266. The molecule has 0 aromatic heterocycles. The van der Waals surface area contributed by atoms with Crippen molar-refractivity contribution in [3.63, 3.8) is 0 Å². The molecular weight excluding hydrogens is 366 g/mol. The molecule has 29 heavy (non-hydrogen) atoms. The first-order valence-electron chi connectivity index (χ1n) is 10.1. The Morgan fingerprint density at radius 3 is 2.55 bits per heavy atom. The predicted molar refractivity (Wildman–Crippen MR) is 114 cm³/mol. The zero-order valence-corrected chi connectivity index (χ0v) is 17.1. The van der Waals surface area contributed by atoms with Crippen molar-refractivity contribution in [1.82, 2.24) is 10.2 Å². The van der Waals surface area contributed by atoms with Crippen molar-refractivity contribution >= 4 is 17.6 Å². The third-order valence-electron chi connectivity index (χ3n) is 4.84. The SMILES string of the molecule is CC(C)Oc1ccc(NC(=O)NC[C@H]2CC(=O)N(CCc3ccccc3)C2)cc1. The lowest BCUT2D eigenvalue weighted by Crippen LogP contribution is -2.34. The van der Waals surface area contributed by atoms with Gasteiger partial charge >= 0.3 is 6.03 Å². The van der Waals surface area contributed by atoms with Crippen molar-refractivity contribution in [3.8, 4) is 5.75 Å². The summed E-state index contributed by atoms with van der Waals surface area (Å²) in [5.41, 5.74) is 1.93. The van der Waals surface area contributed by atoms with E-state index in [9.17, 15) is 9.59 Å². The number of hydrogen-bond acceptors (Lipinski definition) is 3. The Labute approximate surface area is 172 Å². The summed E-state index contributed by atoms with van der Waals surface area (Å²) >= 11 is 0. The molecule has 1 atom stereocenters. The molecule has 2 aromatic carbocycles. The summed E-state index contributed by atoms with van der Waals surface area (Å²) in [5, 5.41) is 5.69. The number of carbonyl (C=O) groups is 2. The van der Waals surface area contributed by atoms with Crippen LogP contribution in [-0.4, -0.2) is 42.6 Å². The summed E-state index contributed by atoms with van der Waals surface area (Å²) in [7, 11) is 0. The molecular formula is C23H29N3O3. The zero-order valence-electron chi connectivity index (χ0n) is 17.1. The normalized spacial score (nSPS) is 16.2. The number of amides is 3. The van der Waals surface area contributed by atoms with Gasteiger partial charge in [-0.1, -0.05) is 30.3 Å². The Morgan fingerprint density at radius 2 is 1.86 bits per heavy atom. The zero-order chi connectivity index (χ0) is 20.6.